The number of carbonyl (C=O) groups is 1. The molecule has 0 fully saturated rings. The fraction of sp³-hybridized carbons (Fsp3) is 0.143. The molecule has 0 aliphatic rings. The van der Waals surface area contributed by atoms with Crippen LogP contribution in [-0.4, -0.2) is 24.5 Å². The van der Waals surface area contributed by atoms with E-state index in [1.54, 1.807) is 19.4 Å². The summed E-state index contributed by atoms with van der Waals surface area (Å²) in [5, 5.41) is 5.73. The molecule has 28 heavy (non-hydrogen) atoms. The molecular weight excluding hydrogens is 364 g/mol. The van der Waals surface area contributed by atoms with Crippen LogP contribution in [0, 0.1) is 11.6 Å². The Morgan fingerprint density at radius 2 is 1.86 bits per heavy atom. The first kappa shape index (κ1) is 19.3. The Balaban J connectivity index is 1.61. The number of anilines is 2. The zero-order chi connectivity index (χ0) is 19.9. The molecule has 0 atom stereocenters. The summed E-state index contributed by atoms with van der Waals surface area (Å²) in [4.78, 5) is 16.4. The summed E-state index contributed by atoms with van der Waals surface area (Å²) in [6.07, 6.45) is 3.74. The first-order valence-corrected chi connectivity index (χ1v) is 8.64. The molecule has 2 aromatic carbocycles. The van der Waals surface area contributed by atoms with Gasteiger partial charge < -0.3 is 15.4 Å². The van der Waals surface area contributed by atoms with Crippen molar-refractivity contribution in [3.63, 3.8) is 0 Å². The number of pyridine rings is 1. The quantitative estimate of drug-likeness (QED) is 0.639. The van der Waals surface area contributed by atoms with Crippen LogP contribution in [0.15, 0.2) is 60.9 Å². The third-order valence-electron chi connectivity index (χ3n) is 4.09. The third kappa shape index (κ3) is 4.82. The molecule has 0 saturated carbocycles. The van der Waals surface area contributed by atoms with Crippen molar-refractivity contribution in [2.24, 2.45) is 0 Å². The summed E-state index contributed by atoms with van der Waals surface area (Å²) < 4.78 is 31.6. The van der Waals surface area contributed by atoms with Gasteiger partial charge in [0.15, 0.2) is 11.6 Å². The molecule has 5 nitrogen and oxygen atoms in total. The van der Waals surface area contributed by atoms with Crippen LogP contribution in [0.5, 0.6) is 5.75 Å². The lowest BCUT2D eigenvalue weighted by atomic mass is 10.1. The molecule has 1 amide bonds. The Kier molecular flexibility index (Phi) is 6.16. The van der Waals surface area contributed by atoms with E-state index in [9.17, 15) is 13.6 Å². The number of para-hydroxylation sites is 1. The molecule has 0 aliphatic carbocycles. The van der Waals surface area contributed by atoms with E-state index in [2.05, 4.69) is 15.6 Å². The van der Waals surface area contributed by atoms with Crippen LogP contribution in [0.1, 0.15) is 15.9 Å². The van der Waals surface area contributed by atoms with Gasteiger partial charge in [-0.1, -0.05) is 18.2 Å². The summed E-state index contributed by atoms with van der Waals surface area (Å²) >= 11 is 0. The molecule has 0 bridgehead atoms. The highest BCUT2D eigenvalue weighted by Gasteiger charge is 2.10. The van der Waals surface area contributed by atoms with Crippen molar-refractivity contribution < 1.29 is 18.3 Å². The number of halogens is 2. The minimum atomic E-state index is -1.03. The topological polar surface area (TPSA) is 63.2 Å². The monoisotopic (exact) mass is 383 g/mol. The van der Waals surface area contributed by atoms with Crippen molar-refractivity contribution in [2.45, 2.75) is 6.42 Å². The van der Waals surface area contributed by atoms with E-state index in [4.69, 9.17) is 4.74 Å². The normalized spacial score (nSPS) is 10.4. The highest BCUT2D eigenvalue weighted by molar-refractivity contribution is 6.04. The zero-order valence-corrected chi connectivity index (χ0v) is 15.2. The van der Waals surface area contributed by atoms with Gasteiger partial charge in [0.2, 0.25) is 0 Å². The smallest absolute Gasteiger partial charge is 0.257 e. The number of amides is 1. The van der Waals surface area contributed by atoms with Gasteiger partial charge in [0.05, 0.1) is 18.4 Å². The predicted molar refractivity (Wildman–Crippen MR) is 104 cm³/mol. The maximum absolute atomic E-state index is 13.3. The van der Waals surface area contributed by atoms with E-state index >= 15 is 0 Å². The number of benzene rings is 2. The maximum Gasteiger partial charge on any atom is 0.257 e. The average Bonchev–Trinajstić information content (AvgIpc) is 2.71. The number of methoxy groups -OCH3 is 1. The number of aromatic nitrogens is 1. The lowest BCUT2D eigenvalue weighted by molar-refractivity contribution is 0.102. The standard InChI is InChI=1S/C21H19F2N3O2/c1-28-20-5-3-2-4-14(20)8-9-25-17-10-15(12-24-13-17)21(27)26-16-6-7-18(22)19(23)11-16/h2-7,10-13,25H,8-9H2,1H3,(H,26,27). The average molecular weight is 383 g/mol. The van der Waals surface area contributed by atoms with E-state index in [0.717, 1.165) is 29.9 Å². The van der Waals surface area contributed by atoms with Crippen LogP contribution in [0.4, 0.5) is 20.2 Å². The SMILES string of the molecule is COc1ccccc1CCNc1cncc(C(=O)Nc2ccc(F)c(F)c2)c1. The number of hydrogen-bond acceptors (Lipinski definition) is 4. The van der Waals surface area contributed by atoms with Gasteiger partial charge in [0.1, 0.15) is 5.75 Å². The van der Waals surface area contributed by atoms with Crippen molar-refractivity contribution in [3.05, 3.63) is 83.7 Å². The summed E-state index contributed by atoms with van der Waals surface area (Å²) in [6, 6.07) is 12.6. The molecule has 0 radical (unpaired) electrons. The molecule has 2 N–H and O–H groups in total. The Morgan fingerprint density at radius 1 is 1.04 bits per heavy atom. The van der Waals surface area contributed by atoms with Crippen LogP contribution < -0.4 is 15.4 Å². The first-order valence-electron chi connectivity index (χ1n) is 8.64. The van der Waals surface area contributed by atoms with Crippen molar-refractivity contribution in [1.29, 1.82) is 0 Å². The van der Waals surface area contributed by atoms with Gasteiger partial charge in [-0.3, -0.25) is 9.78 Å². The number of ether oxygens (including phenoxy) is 1. The molecule has 0 unspecified atom stereocenters. The predicted octanol–water partition coefficient (Wildman–Crippen LogP) is 4.28. The molecule has 0 saturated heterocycles. The Hall–Kier alpha value is -3.48. The lowest BCUT2D eigenvalue weighted by Gasteiger charge is -2.11. The van der Waals surface area contributed by atoms with Crippen LogP contribution in [0.25, 0.3) is 0 Å². The number of nitrogens with one attached hydrogen (secondary N) is 2. The molecule has 0 spiro atoms. The Morgan fingerprint density at radius 3 is 2.64 bits per heavy atom. The third-order valence-corrected chi connectivity index (χ3v) is 4.09. The molecule has 1 heterocycles. The largest absolute Gasteiger partial charge is 0.496 e. The van der Waals surface area contributed by atoms with Crippen molar-refractivity contribution in [2.75, 3.05) is 24.3 Å². The van der Waals surface area contributed by atoms with E-state index in [1.807, 2.05) is 24.3 Å². The second kappa shape index (κ2) is 8.94. The molecule has 0 aliphatic heterocycles. The molecule has 3 aromatic rings. The van der Waals surface area contributed by atoms with E-state index in [-0.39, 0.29) is 5.69 Å². The van der Waals surface area contributed by atoms with Crippen molar-refractivity contribution >= 4 is 17.3 Å². The number of rotatable bonds is 7. The Bertz CT molecular complexity index is 979. The van der Waals surface area contributed by atoms with Crippen molar-refractivity contribution in [3.8, 4) is 5.75 Å². The zero-order valence-electron chi connectivity index (χ0n) is 15.2. The van der Waals surface area contributed by atoms with Gasteiger partial charge in [-0.15, -0.1) is 0 Å². The van der Waals surface area contributed by atoms with E-state index in [1.165, 1.54) is 12.3 Å². The summed E-state index contributed by atoms with van der Waals surface area (Å²) in [7, 11) is 1.63. The van der Waals surface area contributed by atoms with E-state index < -0.39 is 17.5 Å². The van der Waals surface area contributed by atoms with Crippen LogP contribution >= 0.6 is 0 Å². The van der Waals surface area contributed by atoms with Gasteiger partial charge in [0.25, 0.3) is 5.91 Å². The molecule has 1 aromatic heterocycles. The van der Waals surface area contributed by atoms with Gasteiger partial charge in [-0.2, -0.15) is 0 Å². The van der Waals surface area contributed by atoms with Gasteiger partial charge in [-0.25, -0.2) is 8.78 Å². The summed E-state index contributed by atoms with van der Waals surface area (Å²) in [5.74, 6) is -1.64. The van der Waals surface area contributed by atoms with Gasteiger partial charge in [0, 0.05) is 30.7 Å². The van der Waals surface area contributed by atoms with Crippen LogP contribution in [0.2, 0.25) is 0 Å². The first-order chi connectivity index (χ1) is 13.6. The maximum atomic E-state index is 13.3. The Labute approximate surface area is 161 Å². The lowest BCUT2D eigenvalue weighted by Crippen LogP contribution is -2.13. The molecule has 144 valence electrons. The fourth-order valence-corrected chi connectivity index (χ4v) is 2.69. The summed E-state index contributed by atoms with van der Waals surface area (Å²) in [5.41, 5.74) is 2.20. The van der Waals surface area contributed by atoms with Crippen molar-refractivity contribution in [1.82, 2.24) is 4.98 Å². The van der Waals surface area contributed by atoms with Gasteiger partial charge >= 0.3 is 0 Å². The van der Waals surface area contributed by atoms with Gasteiger partial charge in [-0.05, 0) is 36.2 Å². The minimum absolute atomic E-state index is 0.165. The fourth-order valence-electron chi connectivity index (χ4n) is 2.69. The van der Waals surface area contributed by atoms with Crippen LogP contribution in [0.3, 0.4) is 0 Å². The second-order valence-corrected chi connectivity index (χ2v) is 6.03. The summed E-state index contributed by atoms with van der Waals surface area (Å²) in [6.45, 7) is 0.621. The van der Waals surface area contributed by atoms with Crippen LogP contribution in [-0.2, 0) is 6.42 Å². The minimum Gasteiger partial charge on any atom is -0.496 e. The number of hydrogen-bond donors (Lipinski definition) is 2. The molecule has 3 rings (SSSR count). The second-order valence-electron chi connectivity index (χ2n) is 6.03. The highest BCUT2D eigenvalue weighted by Crippen LogP contribution is 2.18. The molecular formula is C21H19F2N3O2. The highest BCUT2D eigenvalue weighted by atomic mass is 19.2. The molecule has 7 heteroatoms. The van der Waals surface area contributed by atoms with E-state index in [0.29, 0.717) is 17.8 Å². The number of nitrogens with zero attached hydrogens (tertiary/aromatic N) is 1. The number of carbonyl (C=O) groups excluding carboxylic acids is 1.